The largest absolute Gasteiger partial charge is 0.479 e. The van der Waals surface area contributed by atoms with Crippen LogP contribution in [0.5, 0.6) is 0 Å². The Bertz CT molecular complexity index is 471. The molecule has 1 aromatic heterocycles. The third-order valence-corrected chi connectivity index (χ3v) is 2.83. The summed E-state index contributed by atoms with van der Waals surface area (Å²) in [5.74, 6) is -1.75. The molecule has 2 heterocycles. The average Bonchev–Trinajstić information content (AvgIpc) is 2.79. The summed E-state index contributed by atoms with van der Waals surface area (Å²) in [5, 5.41) is 11.7. The van der Waals surface area contributed by atoms with Crippen molar-refractivity contribution in [3.05, 3.63) is 23.2 Å². The molecular weight excluding hydrogens is 262 g/mol. The second kappa shape index (κ2) is 4.87. The molecule has 7 nitrogen and oxygen atoms in total. The molecule has 1 aliphatic rings. The van der Waals surface area contributed by atoms with Gasteiger partial charge >= 0.3 is 5.97 Å². The lowest BCUT2D eigenvalue weighted by Crippen LogP contribution is -2.55. The molecule has 1 atom stereocenters. The average molecular weight is 272 g/mol. The summed E-state index contributed by atoms with van der Waals surface area (Å²) in [5.41, 5.74) is -1.38. The van der Waals surface area contributed by atoms with E-state index in [1.54, 1.807) is 0 Å². The van der Waals surface area contributed by atoms with Gasteiger partial charge in [0.15, 0.2) is 5.54 Å². The standard InChI is InChI=1S/C10H10ClN3O4/c11-7-4-12-6(3-13-7)8(15)14-10(9(16)17)1-2-18-5-10/h3-4H,1-2,5H2,(H,14,15)(H,16,17). The van der Waals surface area contributed by atoms with E-state index in [9.17, 15) is 9.59 Å². The first-order valence-electron chi connectivity index (χ1n) is 5.15. The highest BCUT2D eigenvalue weighted by atomic mass is 35.5. The van der Waals surface area contributed by atoms with Crippen LogP contribution in [-0.4, -0.2) is 45.7 Å². The maximum Gasteiger partial charge on any atom is 0.331 e. The van der Waals surface area contributed by atoms with Crippen molar-refractivity contribution < 1.29 is 19.4 Å². The smallest absolute Gasteiger partial charge is 0.331 e. The Morgan fingerprint density at radius 3 is 2.72 bits per heavy atom. The topological polar surface area (TPSA) is 101 Å². The molecule has 0 radical (unpaired) electrons. The van der Waals surface area contributed by atoms with E-state index in [4.69, 9.17) is 21.4 Å². The first-order chi connectivity index (χ1) is 8.53. The third-order valence-electron chi connectivity index (χ3n) is 2.64. The lowest BCUT2D eigenvalue weighted by atomic mass is 9.99. The molecular formula is C10H10ClN3O4. The number of hydrogen-bond acceptors (Lipinski definition) is 5. The van der Waals surface area contributed by atoms with Gasteiger partial charge in [0.05, 0.1) is 19.0 Å². The van der Waals surface area contributed by atoms with Gasteiger partial charge in [-0.1, -0.05) is 11.6 Å². The van der Waals surface area contributed by atoms with Gasteiger partial charge in [-0.2, -0.15) is 0 Å². The number of aromatic nitrogens is 2. The number of hydrogen-bond donors (Lipinski definition) is 2. The molecule has 1 unspecified atom stereocenters. The van der Waals surface area contributed by atoms with Crippen molar-refractivity contribution in [2.45, 2.75) is 12.0 Å². The van der Waals surface area contributed by atoms with Crippen LogP contribution in [0.2, 0.25) is 5.15 Å². The zero-order valence-electron chi connectivity index (χ0n) is 9.22. The second-order valence-electron chi connectivity index (χ2n) is 3.87. The van der Waals surface area contributed by atoms with Gasteiger partial charge in [0.1, 0.15) is 10.8 Å². The molecule has 18 heavy (non-hydrogen) atoms. The molecule has 2 N–H and O–H groups in total. The molecule has 1 aromatic rings. The molecule has 1 amide bonds. The summed E-state index contributed by atoms with van der Waals surface area (Å²) < 4.78 is 5.02. The van der Waals surface area contributed by atoms with Crippen molar-refractivity contribution in [2.75, 3.05) is 13.2 Å². The maximum atomic E-state index is 11.8. The minimum atomic E-state index is -1.39. The molecule has 2 rings (SSSR count). The number of nitrogens with zero attached hydrogens (tertiary/aromatic N) is 2. The minimum absolute atomic E-state index is 0.00641. The quantitative estimate of drug-likeness (QED) is 0.809. The molecule has 0 aromatic carbocycles. The minimum Gasteiger partial charge on any atom is -0.479 e. The molecule has 0 bridgehead atoms. The predicted molar refractivity (Wildman–Crippen MR) is 60.3 cm³/mol. The number of carboxylic acids is 1. The summed E-state index contributed by atoms with van der Waals surface area (Å²) in [6.07, 6.45) is 2.62. The summed E-state index contributed by atoms with van der Waals surface area (Å²) in [4.78, 5) is 30.5. The maximum absolute atomic E-state index is 11.8. The van der Waals surface area contributed by atoms with E-state index in [1.807, 2.05) is 0 Å². The van der Waals surface area contributed by atoms with Gasteiger partial charge in [-0.3, -0.25) is 4.79 Å². The first-order valence-corrected chi connectivity index (χ1v) is 5.52. The molecule has 1 fully saturated rings. The molecule has 8 heteroatoms. The molecule has 1 aliphatic heterocycles. The molecule has 1 saturated heterocycles. The van der Waals surface area contributed by atoms with E-state index < -0.39 is 17.4 Å². The predicted octanol–water partition coefficient (Wildman–Crippen LogP) is 0.103. The number of halogens is 1. The van der Waals surface area contributed by atoms with Crippen LogP contribution in [0.25, 0.3) is 0 Å². The Kier molecular flexibility index (Phi) is 3.44. The highest BCUT2D eigenvalue weighted by Crippen LogP contribution is 2.19. The van der Waals surface area contributed by atoms with Crippen LogP contribution in [0, 0.1) is 0 Å². The zero-order chi connectivity index (χ0) is 13.2. The first kappa shape index (κ1) is 12.7. The molecule has 0 spiro atoms. The van der Waals surface area contributed by atoms with Crippen LogP contribution in [0.1, 0.15) is 16.9 Å². The van der Waals surface area contributed by atoms with Crippen molar-refractivity contribution in [1.82, 2.24) is 15.3 Å². The summed E-state index contributed by atoms with van der Waals surface area (Å²) in [7, 11) is 0. The number of nitrogens with one attached hydrogen (secondary N) is 1. The van der Waals surface area contributed by atoms with Crippen molar-refractivity contribution in [3.63, 3.8) is 0 Å². The lowest BCUT2D eigenvalue weighted by Gasteiger charge is -2.23. The SMILES string of the molecule is O=C(NC1(C(=O)O)CCOC1)c1cnc(Cl)cn1. The number of carboxylic acid groups (broad SMARTS) is 1. The summed E-state index contributed by atoms with van der Waals surface area (Å²) in [6, 6.07) is 0. The zero-order valence-corrected chi connectivity index (χ0v) is 9.98. The molecule has 96 valence electrons. The Morgan fingerprint density at radius 1 is 1.44 bits per heavy atom. The van der Waals surface area contributed by atoms with E-state index in [0.29, 0.717) is 6.61 Å². The van der Waals surface area contributed by atoms with Crippen LogP contribution in [0.4, 0.5) is 0 Å². The van der Waals surface area contributed by atoms with E-state index >= 15 is 0 Å². The van der Waals surface area contributed by atoms with Crippen LogP contribution in [-0.2, 0) is 9.53 Å². The van der Waals surface area contributed by atoms with Crippen LogP contribution in [0.3, 0.4) is 0 Å². The van der Waals surface area contributed by atoms with Gasteiger partial charge < -0.3 is 15.2 Å². The number of amides is 1. The van der Waals surface area contributed by atoms with Gasteiger partial charge in [-0.15, -0.1) is 0 Å². The van der Waals surface area contributed by atoms with Crippen molar-refractivity contribution in [3.8, 4) is 0 Å². The highest BCUT2D eigenvalue weighted by molar-refractivity contribution is 6.29. The van der Waals surface area contributed by atoms with Crippen LogP contribution in [0.15, 0.2) is 12.4 Å². The van der Waals surface area contributed by atoms with Crippen molar-refractivity contribution in [2.24, 2.45) is 0 Å². The Labute approximate surface area is 107 Å². The van der Waals surface area contributed by atoms with E-state index in [0.717, 1.165) is 0 Å². The van der Waals surface area contributed by atoms with Crippen LogP contribution >= 0.6 is 11.6 Å². The van der Waals surface area contributed by atoms with E-state index in [-0.39, 0.29) is 23.9 Å². The number of carbonyl (C=O) groups excluding carboxylic acids is 1. The normalized spacial score (nSPS) is 22.7. The van der Waals surface area contributed by atoms with Gasteiger partial charge in [0.2, 0.25) is 0 Å². The lowest BCUT2D eigenvalue weighted by molar-refractivity contribution is -0.144. The Morgan fingerprint density at radius 2 is 2.22 bits per heavy atom. The fourth-order valence-electron chi connectivity index (χ4n) is 1.60. The number of aliphatic carboxylic acids is 1. The molecule has 0 aliphatic carbocycles. The second-order valence-corrected chi connectivity index (χ2v) is 4.26. The summed E-state index contributed by atoms with van der Waals surface area (Å²) >= 11 is 5.55. The number of ether oxygens (including phenoxy) is 1. The highest BCUT2D eigenvalue weighted by Gasteiger charge is 2.44. The molecule has 0 saturated carbocycles. The number of rotatable bonds is 3. The Hall–Kier alpha value is -1.73. The Balaban J connectivity index is 2.15. The van der Waals surface area contributed by atoms with Gasteiger partial charge in [-0.05, 0) is 0 Å². The van der Waals surface area contributed by atoms with Gasteiger partial charge in [0.25, 0.3) is 5.91 Å². The van der Waals surface area contributed by atoms with Gasteiger partial charge in [-0.25, -0.2) is 14.8 Å². The van der Waals surface area contributed by atoms with Crippen LogP contribution < -0.4 is 5.32 Å². The fourth-order valence-corrected chi connectivity index (χ4v) is 1.69. The van der Waals surface area contributed by atoms with Gasteiger partial charge in [0, 0.05) is 13.0 Å². The van der Waals surface area contributed by atoms with E-state index in [2.05, 4.69) is 15.3 Å². The third kappa shape index (κ3) is 2.41. The fraction of sp³-hybridized carbons (Fsp3) is 0.400. The number of carbonyl (C=O) groups is 2. The monoisotopic (exact) mass is 271 g/mol. The van der Waals surface area contributed by atoms with Crippen molar-refractivity contribution >= 4 is 23.5 Å². The van der Waals surface area contributed by atoms with E-state index in [1.165, 1.54) is 12.4 Å². The summed E-state index contributed by atoms with van der Waals surface area (Å²) in [6.45, 7) is 0.230. The van der Waals surface area contributed by atoms with Crippen molar-refractivity contribution in [1.29, 1.82) is 0 Å².